The Morgan fingerprint density at radius 3 is 1.73 bits per heavy atom. The number of rotatable bonds is 3. The lowest BCUT2D eigenvalue weighted by atomic mass is 10.1. The number of hydrogen-bond donors (Lipinski definition) is 1. The molecule has 0 aliphatic rings. The van der Waals surface area contributed by atoms with Crippen molar-refractivity contribution < 1.29 is 4.21 Å². The van der Waals surface area contributed by atoms with E-state index in [1.807, 2.05) is 34.6 Å². The van der Waals surface area contributed by atoms with Crippen molar-refractivity contribution in [1.29, 1.82) is 0 Å². The second-order valence-electron chi connectivity index (χ2n) is 4.76. The SMILES string of the molecule is CC(C)[C@H](N[S@](=O)C(C)(C)C)C(Cl)(Cl)Cl. The summed E-state index contributed by atoms with van der Waals surface area (Å²) in [6, 6.07) is -0.428. The van der Waals surface area contributed by atoms with Gasteiger partial charge in [-0.05, 0) is 26.7 Å². The van der Waals surface area contributed by atoms with Crippen LogP contribution >= 0.6 is 34.8 Å². The van der Waals surface area contributed by atoms with Crippen molar-refractivity contribution in [2.24, 2.45) is 5.92 Å². The quantitative estimate of drug-likeness (QED) is 0.794. The van der Waals surface area contributed by atoms with Crippen molar-refractivity contribution in [1.82, 2.24) is 4.72 Å². The van der Waals surface area contributed by atoms with Gasteiger partial charge in [0.05, 0.1) is 21.8 Å². The summed E-state index contributed by atoms with van der Waals surface area (Å²) in [5.41, 5.74) is 0. The second-order valence-corrected chi connectivity index (χ2v) is 9.13. The Morgan fingerprint density at radius 1 is 1.13 bits per heavy atom. The number of nitrogens with one attached hydrogen (secondary N) is 1. The standard InChI is InChI=1S/C9H18Cl3NOS/c1-6(2)7(9(10,11)12)13-15(14)8(3,4)5/h6-7,13H,1-5H3/t7-,15+/m0/s1. The zero-order valence-corrected chi connectivity index (χ0v) is 12.7. The first-order valence-electron chi connectivity index (χ1n) is 4.71. The molecule has 0 bridgehead atoms. The third-order valence-electron chi connectivity index (χ3n) is 1.81. The van der Waals surface area contributed by atoms with Crippen LogP contribution in [0.4, 0.5) is 0 Å². The normalized spacial score (nSPS) is 17.9. The minimum atomic E-state index is -1.45. The van der Waals surface area contributed by atoms with E-state index in [0.717, 1.165) is 0 Å². The molecule has 0 aliphatic carbocycles. The van der Waals surface area contributed by atoms with Gasteiger partial charge in [-0.1, -0.05) is 48.7 Å². The van der Waals surface area contributed by atoms with Gasteiger partial charge in [0.15, 0.2) is 0 Å². The van der Waals surface area contributed by atoms with Gasteiger partial charge in [0.25, 0.3) is 0 Å². The summed E-state index contributed by atoms with van der Waals surface area (Å²) in [6.07, 6.45) is 0. The van der Waals surface area contributed by atoms with E-state index < -0.39 is 20.8 Å². The average molecular weight is 295 g/mol. The molecular weight excluding hydrogens is 277 g/mol. The summed E-state index contributed by atoms with van der Waals surface area (Å²) in [5.74, 6) is 0.0869. The fraction of sp³-hybridized carbons (Fsp3) is 1.00. The summed E-state index contributed by atoms with van der Waals surface area (Å²) in [7, 11) is -1.24. The molecule has 92 valence electrons. The van der Waals surface area contributed by atoms with Crippen LogP contribution in [-0.4, -0.2) is 18.8 Å². The minimum Gasteiger partial charge on any atom is -0.242 e. The van der Waals surface area contributed by atoms with Crippen molar-refractivity contribution in [3.05, 3.63) is 0 Å². The average Bonchev–Trinajstić information content (AvgIpc) is 1.94. The molecule has 0 saturated carbocycles. The van der Waals surface area contributed by atoms with Crippen molar-refractivity contribution >= 4 is 45.8 Å². The zero-order chi connectivity index (χ0) is 12.4. The molecule has 0 rings (SSSR count). The Balaban J connectivity index is 4.66. The van der Waals surface area contributed by atoms with Crippen LogP contribution in [0.5, 0.6) is 0 Å². The van der Waals surface area contributed by atoms with E-state index in [1.54, 1.807) is 0 Å². The van der Waals surface area contributed by atoms with Crippen molar-refractivity contribution in [2.75, 3.05) is 0 Å². The summed E-state index contributed by atoms with van der Waals surface area (Å²) in [6.45, 7) is 9.43. The molecule has 2 atom stereocenters. The molecule has 0 heterocycles. The van der Waals surface area contributed by atoms with Gasteiger partial charge in [-0.2, -0.15) is 0 Å². The van der Waals surface area contributed by atoms with Gasteiger partial charge < -0.3 is 0 Å². The van der Waals surface area contributed by atoms with Gasteiger partial charge in [0.1, 0.15) is 0 Å². The Bertz CT molecular complexity index is 232. The molecule has 2 nitrogen and oxygen atoms in total. The lowest BCUT2D eigenvalue weighted by molar-refractivity contribution is 0.461. The Labute approximate surface area is 110 Å². The van der Waals surface area contributed by atoms with E-state index in [-0.39, 0.29) is 10.7 Å². The number of halogens is 3. The summed E-state index contributed by atoms with van der Waals surface area (Å²) in [5, 5.41) is 0. The number of hydrogen-bond acceptors (Lipinski definition) is 1. The maximum atomic E-state index is 11.9. The largest absolute Gasteiger partial charge is 0.242 e. The van der Waals surface area contributed by atoms with E-state index in [0.29, 0.717) is 0 Å². The van der Waals surface area contributed by atoms with Crippen LogP contribution in [0.3, 0.4) is 0 Å². The molecule has 0 aromatic carbocycles. The van der Waals surface area contributed by atoms with Crippen LogP contribution in [-0.2, 0) is 11.0 Å². The van der Waals surface area contributed by atoms with Gasteiger partial charge in [0, 0.05) is 0 Å². The molecule has 0 aromatic heterocycles. The van der Waals surface area contributed by atoms with Crippen LogP contribution in [0.2, 0.25) is 0 Å². The third-order valence-corrected chi connectivity index (χ3v) is 4.10. The van der Waals surface area contributed by atoms with Crippen LogP contribution in [0.25, 0.3) is 0 Å². The summed E-state index contributed by atoms with van der Waals surface area (Å²) in [4.78, 5) is 0. The predicted molar refractivity (Wildman–Crippen MR) is 69.9 cm³/mol. The molecule has 1 N–H and O–H groups in total. The maximum absolute atomic E-state index is 11.9. The van der Waals surface area contributed by atoms with Crippen LogP contribution in [0.1, 0.15) is 34.6 Å². The smallest absolute Gasteiger partial charge is 0.206 e. The monoisotopic (exact) mass is 293 g/mol. The van der Waals surface area contributed by atoms with Crippen molar-refractivity contribution in [3.8, 4) is 0 Å². The lowest BCUT2D eigenvalue weighted by Crippen LogP contribution is -2.48. The molecule has 6 heteroatoms. The first-order chi connectivity index (χ1) is 6.46. The van der Waals surface area contributed by atoms with Crippen LogP contribution in [0, 0.1) is 5.92 Å². The van der Waals surface area contributed by atoms with Gasteiger partial charge in [-0.3, -0.25) is 0 Å². The van der Waals surface area contributed by atoms with E-state index in [4.69, 9.17) is 34.8 Å². The Kier molecular flexibility index (Phi) is 5.91. The highest BCUT2D eigenvalue weighted by Crippen LogP contribution is 2.34. The molecule has 0 spiro atoms. The fourth-order valence-electron chi connectivity index (χ4n) is 0.873. The molecule has 0 saturated heterocycles. The van der Waals surface area contributed by atoms with Crippen LogP contribution in [0.15, 0.2) is 0 Å². The van der Waals surface area contributed by atoms with E-state index in [2.05, 4.69) is 4.72 Å². The van der Waals surface area contributed by atoms with Gasteiger partial charge in [-0.15, -0.1) is 0 Å². The van der Waals surface area contributed by atoms with E-state index >= 15 is 0 Å². The molecule has 0 aromatic rings. The third kappa shape index (κ3) is 5.73. The zero-order valence-electron chi connectivity index (χ0n) is 9.61. The first kappa shape index (κ1) is 16.0. The predicted octanol–water partition coefficient (Wildman–Crippen LogP) is 3.43. The Morgan fingerprint density at radius 2 is 1.53 bits per heavy atom. The highest BCUT2D eigenvalue weighted by Gasteiger charge is 2.37. The van der Waals surface area contributed by atoms with Crippen LogP contribution < -0.4 is 4.72 Å². The molecule has 15 heavy (non-hydrogen) atoms. The molecule has 0 amide bonds. The first-order valence-corrected chi connectivity index (χ1v) is 6.99. The highest BCUT2D eigenvalue weighted by molar-refractivity contribution is 7.84. The van der Waals surface area contributed by atoms with Gasteiger partial charge in [-0.25, -0.2) is 8.93 Å². The maximum Gasteiger partial charge on any atom is 0.206 e. The lowest BCUT2D eigenvalue weighted by Gasteiger charge is -2.31. The molecule has 0 fully saturated rings. The van der Waals surface area contributed by atoms with E-state index in [1.165, 1.54) is 0 Å². The molecule has 0 unspecified atom stereocenters. The van der Waals surface area contributed by atoms with Gasteiger partial charge >= 0.3 is 0 Å². The molecular formula is C9H18Cl3NOS. The number of alkyl halides is 3. The summed E-state index contributed by atoms with van der Waals surface area (Å²) < 4.78 is 12.9. The molecule has 0 aliphatic heterocycles. The van der Waals surface area contributed by atoms with E-state index in [9.17, 15) is 4.21 Å². The van der Waals surface area contributed by atoms with Crippen molar-refractivity contribution in [2.45, 2.75) is 49.2 Å². The minimum absolute atomic E-state index is 0.0869. The fourth-order valence-corrected chi connectivity index (χ4v) is 3.02. The topological polar surface area (TPSA) is 29.1 Å². The highest BCUT2D eigenvalue weighted by atomic mass is 35.6. The van der Waals surface area contributed by atoms with Crippen molar-refractivity contribution in [3.63, 3.8) is 0 Å². The molecule has 0 radical (unpaired) electrons. The summed E-state index contributed by atoms with van der Waals surface area (Å²) >= 11 is 17.5. The van der Waals surface area contributed by atoms with Gasteiger partial charge in [0.2, 0.25) is 3.79 Å². The second kappa shape index (κ2) is 5.54. The Hall–Kier alpha value is 0.980.